The van der Waals surface area contributed by atoms with E-state index in [0.717, 1.165) is 0 Å². The summed E-state index contributed by atoms with van der Waals surface area (Å²) in [7, 11) is 0. The summed E-state index contributed by atoms with van der Waals surface area (Å²) in [5.74, 6) is -0.0250. The van der Waals surface area contributed by atoms with Crippen molar-refractivity contribution in [3.63, 3.8) is 0 Å². The van der Waals surface area contributed by atoms with Gasteiger partial charge in [-0.3, -0.25) is 14.9 Å². The second-order valence-electron chi connectivity index (χ2n) is 5.65. The van der Waals surface area contributed by atoms with E-state index >= 15 is 0 Å². The van der Waals surface area contributed by atoms with Gasteiger partial charge in [-0.1, -0.05) is 37.3 Å². The van der Waals surface area contributed by atoms with Crippen molar-refractivity contribution in [2.45, 2.75) is 19.4 Å². The molecule has 2 N–H and O–H groups in total. The van der Waals surface area contributed by atoms with Crippen LogP contribution in [0.15, 0.2) is 66.2 Å². The molecule has 1 atom stereocenters. The number of benzene rings is 2. The summed E-state index contributed by atoms with van der Waals surface area (Å²) in [6.45, 7) is 1.87. The molecule has 0 aliphatic heterocycles. The van der Waals surface area contributed by atoms with Gasteiger partial charge in [0, 0.05) is 11.6 Å². The maximum Gasteiger partial charge on any atom is 0.265 e. The zero-order valence-electron chi connectivity index (χ0n) is 14.7. The van der Waals surface area contributed by atoms with Crippen molar-refractivity contribution < 1.29 is 14.3 Å². The molecule has 7 heteroatoms. The first kappa shape index (κ1) is 18.6. The molecular formula is C20H19N3O3S. The Bertz CT molecular complexity index is 898. The van der Waals surface area contributed by atoms with Crippen molar-refractivity contribution in [2.24, 2.45) is 0 Å². The Labute approximate surface area is 161 Å². The lowest BCUT2D eigenvalue weighted by Gasteiger charge is -2.18. The zero-order chi connectivity index (χ0) is 19.1. The third kappa shape index (κ3) is 4.92. The Morgan fingerprint density at radius 2 is 1.81 bits per heavy atom. The molecule has 0 bridgehead atoms. The molecule has 0 fully saturated rings. The monoisotopic (exact) mass is 381 g/mol. The highest BCUT2D eigenvalue weighted by molar-refractivity contribution is 7.13. The molecular weight excluding hydrogens is 362 g/mol. The molecule has 1 unspecified atom stereocenters. The van der Waals surface area contributed by atoms with Gasteiger partial charge in [-0.2, -0.15) is 0 Å². The highest BCUT2D eigenvalue weighted by atomic mass is 32.1. The third-order valence-electron chi connectivity index (χ3n) is 3.77. The van der Waals surface area contributed by atoms with E-state index in [1.807, 2.05) is 25.1 Å². The summed E-state index contributed by atoms with van der Waals surface area (Å²) in [6, 6.07) is 16.0. The van der Waals surface area contributed by atoms with E-state index in [0.29, 0.717) is 28.6 Å². The molecule has 1 heterocycles. The number of thiazole rings is 1. The molecule has 3 rings (SSSR count). The Kier molecular flexibility index (Phi) is 6.17. The van der Waals surface area contributed by atoms with E-state index in [-0.39, 0.29) is 11.8 Å². The summed E-state index contributed by atoms with van der Waals surface area (Å²) < 4.78 is 5.76. The van der Waals surface area contributed by atoms with Gasteiger partial charge in [-0.25, -0.2) is 4.98 Å². The Balaban J connectivity index is 1.72. The molecule has 2 aromatic carbocycles. The van der Waals surface area contributed by atoms with Gasteiger partial charge in [0.15, 0.2) is 11.2 Å². The number of nitrogens with zero attached hydrogens (tertiary/aromatic N) is 1. The van der Waals surface area contributed by atoms with Crippen LogP contribution in [0.5, 0.6) is 5.75 Å². The van der Waals surface area contributed by atoms with Gasteiger partial charge in [0.05, 0.1) is 11.3 Å². The van der Waals surface area contributed by atoms with Crippen molar-refractivity contribution in [1.29, 1.82) is 0 Å². The first-order valence-electron chi connectivity index (χ1n) is 8.50. The average molecular weight is 381 g/mol. The summed E-state index contributed by atoms with van der Waals surface area (Å²) in [5.41, 5.74) is 0.780. The van der Waals surface area contributed by atoms with E-state index in [1.165, 1.54) is 11.3 Å². The first-order chi connectivity index (χ1) is 13.2. The number of rotatable bonds is 7. The second kappa shape index (κ2) is 8.95. The van der Waals surface area contributed by atoms with Crippen molar-refractivity contribution in [1.82, 2.24) is 4.98 Å². The smallest absolute Gasteiger partial charge is 0.265 e. The minimum atomic E-state index is -0.664. The van der Waals surface area contributed by atoms with Crippen LogP contribution < -0.4 is 15.4 Å². The molecule has 1 aromatic heterocycles. The molecule has 0 radical (unpaired) electrons. The fraction of sp³-hybridized carbons (Fsp3) is 0.150. The molecule has 138 valence electrons. The van der Waals surface area contributed by atoms with E-state index < -0.39 is 6.10 Å². The average Bonchev–Trinajstić information content (AvgIpc) is 3.20. The minimum absolute atomic E-state index is 0.309. The maximum absolute atomic E-state index is 12.7. The molecule has 0 aliphatic rings. The maximum atomic E-state index is 12.7. The molecule has 3 aromatic rings. The molecule has 0 saturated heterocycles. The number of carbonyl (C=O) groups excluding carboxylic acids is 2. The van der Waals surface area contributed by atoms with Crippen molar-refractivity contribution in [3.8, 4) is 5.75 Å². The fourth-order valence-electron chi connectivity index (χ4n) is 2.44. The number of para-hydroxylation sites is 2. The molecule has 6 nitrogen and oxygen atoms in total. The topological polar surface area (TPSA) is 80.3 Å². The van der Waals surface area contributed by atoms with Crippen LogP contribution in [0.2, 0.25) is 0 Å². The fourth-order valence-corrected chi connectivity index (χ4v) is 2.96. The van der Waals surface area contributed by atoms with Crippen LogP contribution in [-0.2, 0) is 4.79 Å². The summed E-state index contributed by atoms with van der Waals surface area (Å²) in [5, 5.41) is 7.80. The summed E-state index contributed by atoms with van der Waals surface area (Å²) >= 11 is 1.33. The normalized spacial score (nSPS) is 11.4. The van der Waals surface area contributed by atoms with Gasteiger partial charge in [0.2, 0.25) is 0 Å². The lowest BCUT2D eigenvalue weighted by atomic mass is 10.1. The Morgan fingerprint density at radius 1 is 1.07 bits per heavy atom. The van der Waals surface area contributed by atoms with Crippen LogP contribution >= 0.6 is 11.3 Å². The van der Waals surface area contributed by atoms with Crippen LogP contribution in [0.4, 0.5) is 10.8 Å². The predicted octanol–water partition coefficient (Wildman–Crippen LogP) is 4.19. The highest BCUT2D eigenvalue weighted by Gasteiger charge is 2.21. The standard InChI is InChI=1S/C20H19N3O3S/c1-2-17(26-14-8-4-3-5-9-14)19(25)22-16-11-7-6-10-15(16)18(24)23-20-21-12-13-27-20/h3-13,17H,2H2,1H3,(H,22,25)(H,21,23,24). The number of nitrogens with one attached hydrogen (secondary N) is 2. The number of anilines is 2. The first-order valence-corrected chi connectivity index (χ1v) is 9.37. The number of carbonyl (C=O) groups is 2. The number of hydrogen-bond acceptors (Lipinski definition) is 5. The van der Waals surface area contributed by atoms with Crippen LogP contribution in [0, 0.1) is 0 Å². The van der Waals surface area contributed by atoms with Crippen molar-refractivity contribution in [2.75, 3.05) is 10.6 Å². The molecule has 0 spiro atoms. The molecule has 0 aliphatic carbocycles. The molecule has 27 heavy (non-hydrogen) atoms. The van der Waals surface area contributed by atoms with Crippen molar-refractivity contribution in [3.05, 3.63) is 71.7 Å². The van der Waals surface area contributed by atoms with Crippen LogP contribution in [0.25, 0.3) is 0 Å². The van der Waals surface area contributed by atoms with Crippen LogP contribution in [-0.4, -0.2) is 22.9 Å². The van der Waals surface area contributed by atoms with Crippen LogP contribution in [0.1, 0.15) is 23.7 Å². The lowest BCUT2D eigenvalue weighted by Crippen LogP contribution is -2.33. The lowest BCUT2D eigenvalue weighted by molar-refractivity contribution is -0.122. The quantitative estimate of drug-likeness (QED) is 0.643. The Morgan fingerprint density at radius 3 is 2.52 bits per heavy atom. The van der Waals surface area contributed by atoms with E-state index in [9.17, 15) is 9.59 Å². The number of ether oxygens (including phenoxy) is 1. The van der Waals surface area contributed by atoms with Gasteiger partial charge >= 0.3 is 0 Å². The van der Waals surface area contributed by atoms with Crippen molar-refractivity contribution >= 4 is 34.0 Å². The molecule has 0 saturated carbocycles. The van der Waals surface area contributed by atoms with Gasteiger partial charge in [-0.15, -0.1) is 11.3 Å². The number of hydrogen-bond donors (Lipinski definition) is 2. The minimum Gasteiger partial charge on any atom is -0.481 e. The van der Waals surface area contributed by atoms with Gasteiger partial charge < -0.3 is 10.1 Å². The van der Waals surface area contributed by atoms with Gasteiger partial charge in [0.1, 0.15) is 5.75 Å². The zero-order valence-corrected chi connectivity index (χ0v) is 15.5. The van der Waals surface area contributed by atoms with Crippen LogP contribution in [0.3, 0.4) is 0 Å². The third-order valence-corrected chi connectivity index (χ3v) is 4.46. The van der Waals surface area contributed by atoms with E-state index in [2.05, 4.69) is 15.6 Å². The van der Waals surface area contributed by atoms with E-state index in [4.69, 9.17) is 4.74 Å². The second-order valence-corrected chi connectivity index (χ2v) is 6.55. The number of aromatic nitrogens is 1. The summed E-state index contributed by atoms with van der Waals surface area (Å²) in [4.78, 5) is 29.2. The summed E-state index contributed by atoms with van der Waals surface area (Å²) in [6.07, 6.45) is 1.44. The number of amides is 2. The van der Waals surface area contributed by atoms with Gasteiger partial charge in [0.25, 0.3) is 11.8 Å². The van der Waals surface area contributed by atoms with E-state index in [1.54, 1.807) is 48.0 Å². The predicted molar refractivity (Wildman–Crippen MR) is 106 cm³/mol. The largest absolute Gasteiger partial charge is 0.481 e. The Hall–Kier alpha value is -3.19. The highest BCUT2D eigenvalue weighted by Crippen LogP contribution is 2.20. The molecule has 2 amide bonds. The van der Waals surface area contributed by atoms with Gasteiger partial charge in [-0.05, 0) is 30.7 Å². The SMILES string of the molecule is CCC(Oc1ccccc1)C(=O)Nc1ccccc1C(=O)Nc1nccs1.